The van der Waals surface area contributed by atoms with Gasteiger partial charge in [0.2, 0.25) is 0 Å². The van der Waals surface area contributed by atoms with E-state index in [1.54, 1.807) is 12.1 Å². The van der Waals surface area contributed by atoms with Crippen molar-refractivity contribution in [2.45, 2.75) is 6.10 Å². The zero-order chi connectivity index (χ0) is 13.0. The summed E-state index contributed by atoms with van der Waals surface area (Å²) in [5.41, 5.74) is 5.28. The Balaban J connectivity index is 1.95. The summed E-state index contributed by atoms with van der Waals surface area (Å²) in [6.45, 7) is 3.17. The van der Waals surface area contributed by atoms with Gasteiger partial charge in [0.25, 0.3) is 5.91 Å². The molecule has 0 aromatic carbocycles. The van der Waals surface area contributed by atoms with Crippen LogP contribution in [0.5, 0.6) is 0 Å². The molecule has 7 heteroatoms. The number of hydrogen-bond acceptors (Lipinski definition) is 6. The Morgan fingerprint density at radius 1 is 1.61 bits per heavy atom. The van der Waals surface area contributed by atoms with Crippen molar-refractivity contribution in [3.63, 3.8) is 0 Å². The molecule has 1 aromatic rings. The minimum absolute atomic E-state index is 0.140. The molecule has 0 radical (unpaired) electrons. The maximum Gasteiger partial charge on any atom is 0.269 e. The van der Waals surface area contributed by atoms with Crippen LogP contribution in [0.1, 0.15) is 10.5 Å². The van der Waals surface area contributed by atoms with Crippen molar-refractivity contribution in [3.8, 4) is 0 Å². The average Bonchev–Trinajstić information content (AvgIpc) is 2.40. The molecule has 0 spiro atoms. The van der Waals surface area contributed by atoms with Crippen LogP contribution in [0.25, 0.3) is 0 Å². The van der Waals surface area contributed by atoms with Crippen LogP contribution in [-0.4, -0.2) is 55.5 Å². The van der Waals surface area contributed by atoms with Crippen LogP contribution in [0, 0.1) is 0 Å². The second-order valence-corrected chi connectivity index (χ2v) is 4.22. The van der Waals surface area contributed by atoms with E-state index in [0.29, 0.717) is 5.82 Å². The Morgan fingerprint density at radius 2 is 2.44 bits per heavy atom. The van der Waals surface area contributed by atoms with Crippen LogP contribution >= 0.6 is 0 Å². The first-order valence-electron chi connectivity index (χ1n) is 5.84. The summed E-state index contributed by atoms with van der Waals surface area (Å²) >= 11 is 0. The highest BCUT2D eigenvalue weighted by atomic mass is 16.5. The Hall–Kier alpha value is -1.73. The molecular formula is C11H17N5O2. The Morgan fingerprint density at radius 3 is 3.00 bits per heavy atom. The largest absolute Gasteiger partial charge is 0.374 e. The van der Waals surface area contributed by atoms with Gasteiger partial charge in [-0.25, -0.2) is 0 Å². The van der Waals surface area contributed by atoms with E-state index in [-0.39, 0.29) is 11.8 Å². The van der Waals surface area contributed by atoms with Gasteiger partial charge in [0.1, 0.15) is 0 Å². The highest BCUT2D eigenvalue weighted by Gasteiger charge is 2.16. The van der Waals surface area contributed by atoms with E-state index in [1.165, 1.54) is 0 Å². The summed E-state index contributed by atoms with van der Waals surface area (Å²) in [4.78, 5) is 12.8. The first-order valence-corrected chi connectivity index (χ1v) is 5.84. The van der Waals surface area contributed by atoms with Gasteiger partial charge in [-0.3, -0.25) is 4.79 Å². The van der Waals surface area contributed by atoms with Crippen molar-refractivity contribution >= 4 is 11.7 Å². The molecule has 0 aliphatic carbocycles. The van der Waals surface area contributed by atoms with Crippen molar-refractivity contribution in [2.75, 3.05) is 38.2 Å². The van der Waals surface area contributed by atoms with E-state index in [9.17, 15) is 4.79 Å². The maximum atomic E-state index is 10.9. The number of ether oxygens (including phenoxy) is 1. The van der Waals surface area contributed by atoms with Gasteiger partial charge in [-0.05, 0) is 12.1 Å². The number of anilines is 1. The number of nitrogens with one attached hydrogen (secondary N) is 1. The van der Waals surface area contributed by atoms with Crippen LogP contribution in [0.4, 0.5) is 5.82 Å². The third-order valence-corrected chi connectivity index (χ3v) is 2.78. The quantitative estimate of drug-likeness (QED) is 0.713. The first-order chi connectivity index (χ1) is 8.66. The van der Waals surface area contributed by atoms with Crippen molar-refractivity contribution in [2.24, 2.45) is 5.73 Å². The molecule has 1 unspecified atom stereocenters. The molecule has 1 aromatic heterocycles. The van der Waals surface area contributed by atoms with Crippen LogP contribution < -0.4 is 16.0 Å². The summed E-state index contributed by atoms with van der Waals surface area (Å²) in [6.07, 6.45) is 0.140. The Labute approximate surface area is 105 Å². The molecule has 0 bridgehead atoms. The lowest BCUT2D eigenvalue weighted by molar-refractivity contribution is 0.0339. The van der Waals surface area contributed by atoms with E-state index in [2.05, 4.69) is 15.5 Å². The number of amides is 1. The van der Waals surface area contributed by atoms with Crippen LogP contribution in [0.3, 0.4) is 0 Å². The zero-order valence-corrected chi connectivity index (χ0v) is 10.3. The second-order valence-electron chi connectivity index (χ2n) is 4.22. The SMILES string of the molecule is CN(CC1CNCCO1)c1ccc(C(N)=O)nn1. The van der Waals surface area contributed by atoms with Gasteiger partial charge in [-0.15, -0.1) is 10.2 Å². The highest BCUT2D eigenvalue weighted by molar-refractivity contribution is 5.90. The fourth-order valence-corrected chi connectivity index (χ4v) is 1.80. The van der Waals surface area contributed by atoms with Crippen molar-refractivity contribution in [1.82, 2.24) is 15.5 Å². The van der Waals surface area contributed by atoms with Crippen LogP contribution in [0.2, 0.25) is 0 Å². The Kier molecular flexibility index (Phi) is 4.06. The number of nitrogens with zero attached hydrogens (tertiary/aromatic N) is 3. The molecular weight excluding hydrogens is 234 g/mol. The molecule has 2 heterocycles. The molecule has 1 atom stereocenters. The smallest absolute Gasteiger partial charge is 0.269 e. The van der Waals surface area contributed by atoms with Gasteiger partial charge in [-0.2, -0.15) is 0 Å². The zero-order valence-electron chi connectivity index (χ0n) is 10.3. The lowest BCUT2D eigenvalue weighted by atomic mass is 10.3. The normalized spacial score (nSPS) is 19.5. The van der Waals surface area contributed by atoms with Gasteiger partial charge >= 0.3 is 0 Å². The number of likely N-dealkylation sites (N-methyl/N-ethyl adjacent to an activating group) is 1. The summed E-state index contributed by atoms with van der Waals surface area (Å²) in [5, 5.41) is 11.0. The molecule has 1 amide bonds. The fraction of sp³-hybridized carbons (Fsp3) is 0.545. The minimum Gasteiger partial charge on any atom is -0.374 e. The fourth-order valence-electron chi connectivity index (χ4n) is 1.80. The number of carbonyl (C=O) groups excluding carboxylic acids is 1. The van der Waals surface area contributed by atoms with E-state index in [1.807, 2.05) is 11.9 Å². The number of primary amides is 1. The second kappa shape index (κ2) is 5.74. The molecule has 18 heavy (non-hydrogen) atoms. The van der Waals surface area contributed by atoms with Gasteiger partial charge in [0, 0.05) is 26.7 Å². The van der Waals surface area contributed by atoms with Crippen molar-refractivity contribution in [3.05, 3.63) is 17.8 Å². The van der Waals surface area contributed by atoms with Gasteiger partial charge in [0.05, 0.1) is 12.7 Å². The molecule has 1 saturated heterocycles. The molecule has 98 valence electrons. The molecule has 3 N–H and O–H groups in total. The lowest BCUT2D eigenvalue weighted by Gasteiger charge is -2.28. The number of carbonyl (C=O) groups is 1. The number of aromatic nitrogens is 2. The van der Waals surface area contributed by atoms with Crippen LogP contribution in [0.15, 0.2) is 12.1 Å². The summed E-state index contributed by atoms with van der Waals surface area (Å²) in [5.74, 6) is 0.116. The third-order valence-electron chi connectivity index (χ3n) is 2.78. The highest BCUT2D eigenvalue weighted by Crippen LogP contribution is 2.09. The number of nitrogens with two attached hydrogens (primary N) is 1. The van der Waals surface area contributed by atoms with E-state index >= 15 is 0 Å². The molecule has 1 aliphatic heterocycles. The van der Waals surface area contributed by atoms with Crippen LogP contribution in [-0.2, 0) is 4.74 Å². The molecule has 2 rings (SSSR count). The van der Waals surface area contributed by atoms with E-state index < -0.39 is 5.91 Å². The van der Waals surface area contributed by atoms with Gasteiger partial charge in [-0.1, -0.05) is 0 Å². The topological polar surface area (TPSA) is 93.4 Å². The Bertz CT molecular complexity index is 402. The minimum atomic E-state index is -0.573. The summed E-state index contributed by atoms with van der Waals surface area (Å²) in [7, 11) is 1.91. The maximum absolute atomic E-state index is 10.9. The molecule has 1 fully saturated rings. The van der Waals surface area contributed by atoms with Crippen molar-refractivity contribution in [1.29, 1.82) is 0 Å². The summed E-state index contributed by atoms with van der Waals surface area (Å²) < 4.78 is 5.61. The predicted octanol–water partition coefficient (Wildman–Crippen LogP) is -1.000. The number of morpholine rings is 1. The number of rotatable bonds is 4. The van der Waals surface area contributed by atoms with Gasteiger partial charge in [0.15, 0.2) is 11.5 Å². The van der Waals surface area contributed by atoms with Gasteiger partial charge < -0.3 is 20.7 Å². The predicted molar refractivity (Wildman–Crippen MR) is 66.4 cm³/mol. The molecule has 7 nitrogen and oxygen atoms in total. The lowest BCUT2D eigenvalue weighted by Crippen LogP contribution is -2.44. The van der Waals surface area contributed by atoms with E-state index in [4.69, 9.17) is 10.5 Å². The molecule has 1 aliphatic rings. The summed E-state index contributed by atoms with van der Waals surface area (Å²) in [6, 6.07) is 3.30. The first kappa shape index (κ1) is 12.7. The number of hydrogen-bond donors (Lipinski definition) is 2. The monoisotopic (exact) mass is 251 g/mol. The third kappa shape index (κ3) is 3.14. The standard InChI is InChI=1S/C11H17N5O2/c1-16(7-8-6-13-4-5-18-8)10-3-2-9(11(12)17)14-15-10/h2-3,8,13H,4-7H2,1H3,(H2,12,17). The van der Waals surface area contributed by atoms with E-state index in [0.717, 1.165) is 26.2 Å². The van der Waals surface area contributed by atoms with Crippen molar-refractivity contribution < 1.29 is 9.53 Å². The molecule has 0 saturated carbocycles. The average molecular weight is 251 g/mol.